The molecule has 9 aliphatic heterocycles. The molecule has 9 saturated heterocycles. The maximum absolute atomic E-state index is 13.2. The maximum Gasteiger partial charge on any atom is 0.335 e. The molecule has 17 rings (SSSR count). The van der Waals surface area contributed by atoms with Crippen molar-refractivity contribution in [2.45, 2.75) is 140 Å². The molecular weight excluding hydrogens is 1780 g/mol. The van der Waals surface area contributed by atoms with Gasteiger partial charge in [-0.05, 0) is 205 Å². The number of urea groups is 4. The van der Waals surface area contributed by atoms with E-state index in [2.05, 4.69) is 104 Å². The highest BCUT2D eigenvalue weighted by atomic mass is 32.2. The van der Waals surface area contributed by atoms with Crippen molar-refractivity contribution in [3.63, 3.8) is 0 Å². The molecule has 718 valence electrons. The molecule has 0 bridgehead atoms. The van der Waals surface area contributed by atoms with Crippen molar-refractivity contribution in [1.29, 1.82) is 0 Å². The summed E-state index contributed by atoms with van der Waals surface area (Å²) in [5.41, 5.74) is 15.9. The lowest BCUT2D eigenvalue weighted by Gasteiger charge is -2.28. The van der Waals surface area contributed by atoms with E-state index < -0.39 is 28.3 Å². The van der Waals surface area contributed by atoms with Crippen molar-refractivity contribution in [3.05, 3.63) is 239 Å². The maximum atomic E-state index is 13.2. The minimum atomic E-state index is -3.55. The van der Waals surface area contributed by atoms with Gasteiger partial charge in [0.15, 0.2) is 0 Å². The molecule has 0 aliphatic carbocycles. The number of hydrogen-bond donors (Lipinski definition) is 4. The molecular formula is C101H135N13O14S5. The van der Waals surface area contributed by atoms with Crippen LogP contribution in [0, 0.1) is 27.7 Å². The fourth-order valence-electron chi connectivity index (χ4n) is 18.4. The van der Waals surface area contributed by atoms with Crippen LogP contribution in [0.5, 0.6) is 0 Å². The Kier molecular flexibility index (Phi) is 39.6. The Morgan fingerprint density at radius 1 is 0.331 bits per heavy atom. The number of likely N-dealkylation sites (N-methyl/N-ethyl adjacent to an activating group) is 4. The van der Waals surface area contributed by atoms with Crippen molar-refractivity contribution in [1.82, 2.24) is 64.1 Å². The van der Waals surface area contributed by atoms with Crippen molar-refractivity contribution in [3.8, 4) is 44.5 Å². The summed E-state index contributed by atoms with van der Waals surface area (Å²) in [5.74, 6) is -0.973. The molecule has 9 aliphatic rings. The van der Waals surface area contributed by atoms with Crippen molar-refractivity contribution >= 4 is 112 Å². The van der Waals surface area contributed by atoms with Crippen molar-refractivity contribution in [2.75, 3.05) is 152 Å². The van der Waals surface area contributed by atoms with Gasteiger partial charge in [-0.1, -0.05) is 168 Å². The quantitative estimate of drug-likeness (QED) is 0.0694. The van der Waals surface area contributed by atoms with Gasteiger partial charge >= 0.3 is 30.1 Å². The number of amides is 11. The average Bonchev–Trinajstić information content (AvgIpc) is 1.68. The zero-order valence-electron chi connectivity index (χ0n) is 78.0. The summed E-state index contributed by atoms with van der Waals surface area (Å²) in [6.45, 7) is 20.4. The van der Waals surface area contributed by atoms with Gasteiger partial charge < -0.3 is 74.5 Å². The number of aliphatic hydroxyl groups excluding tert-OH is 2. The SMILES string of the molecule is CN[C@H]1CCN(C(=O)N2CC[C@H](O)C2)C1.Cc1ccc(-c2ccc(C(=O)N(C)[C@H]3CCN(C(=O)N4CC[C@@H](N5CCCC5)C4)C3)cc2)cc1.Cc1ccc(-c2ccc(C(=O)N(C)[C@H]3CCN(C(=O)N4CC[C@H](O)C4)C3)cc2)cc1.Cc1ccc(-c2ccc(C(=O)N(C)[C@H]3CCN(C(=O)N4CC[C@H](OS(C)(=O)=O)C4)C3)cc2)cc1.Cc1ccc(-c2ccc(C(=O)O)cc2)cc1.S.S.S.S. The fraction of sp³-hybridized carbons (Fsp3) is 0.446. The number of carbonyl (C=O) groups excluding carboxylic acids is 7. The van der Waals surface area contributed by atoms with E-state index in [1.165, 1.54) is 48.2 Å². The van der Waals surface area contributed by atoms with Gasteiger partial charge in [-0.2, -0.15) is 62.4 Å². The second-order valence-corrected chi connectivity index (χ2v) is 37.5. The van der Waals surface area contributed by atoms with E-state index >= 15 is 0 Å². The molecule has 8 aromatic rings. The zero-order valence-corrected chi connectivity index (χ0v) is 82.8. The number of β-amino-alcohol motifs (C(OH)–C–C–N with tert-alkyl or cyclic N) is 2. The lowest BCUT2D eigenvalue weighted by atomic mass is 10.0. The van der Waals surface area contributed by atoms with Crippen LogP contribution in [0.15, 0.2) is 194 Å². The number of carbonyl (C=O) groups is 8. The number of nitrogens with one attached hydrogen (secondary N) is 1. The molecule has 11 amide bonds. The number of carboxylic acids is 1. The molecule has 27 nitrogen and oxygen atoms in total. The van der Waals surface area contributed by atoms with Crippen LogP contribution < -0.4 is 5.32 Å². The summed E-state index contributed by atoms with van der Waals surface area (Å²) >= 11 is 0. The van der Waals surface area contributed by atoms with Gasteiger partial charge in [0.2, 0.25) is 0 Å². The van der Waals surface area contributed by atoms with Gasteiger partial charge in [-0.3, -0.25) is 23.5 Å². The van der Waals surface area contributed by atoms with E-state index in [1.807, 2.05) is 157 Å². The number of carboxylic acid groups (broad SMARTS) is 1. The highest BCUT2D eigenvalue weighted by Gasteiger charge is 2.41. The topological polar surface area (TPSA) is 292 Å². The van der Waals surface area contributed by atoms with E-state index in [1.54, 1.807) is 53.5 Å². The molecule has 0 saturated carbocycles. The number of aliphatic hydroxyl groups is 2. The van der Waals surface area contributed by atoms with Gasteiger partial charge in [0.25, 0.3) is 27.8 Å². The fourth-order valence-corrected chi connectivity index (χ4v) is 19.0. The molecule has 8 aromatic carbocycles. The monoisotopic (exact) mass is 1910 g/mol. The number of likely N-dealkylation sites (tertiary alicyclic amines) is 9. The number of benzene rings is 8. The Bertz CT molecular complexity index is 5280. The normalized spacial score (nSPS) is 20.7. The first-order chi connectivity index (χ1) is 61.9. The molecule has 8 atom stereocenters. The standard InChI is InChI=1S/C28H36N4O2.C25H31N3O5S.C24H29N3O3.C14H12O2.C10H19N3O2.4H2S/c1-21-5-7-22(8-6-21)23-9-11-24(12-10-23)27(33)29(2)25-13-17-31(19-25)28(34)32-18-14-26(20-32)30-15-3-4-16-30;1-18-4-6-19(7-5-18)20-8-10-21(11-9-20)24(29)26(2)22-12-14-27(16-22)25(30)28-15-13-23(17-28)33-34(3,31)32;1-17-3-5-18(6-4-17)19-7-9-20(10-8-19)23(29)25(2)21-11-13-26(15-21)24(30)27-14-12-22(28)16-27;1-10-2-4-11(5-3-10)12-6-8-13(9-7-12)14(15)16;1-11-8-2-4-12(6-8)10(15)13-5-3-9(14)7-13;;;;/h5-12,25-26H,3-4,13-20H2,1-2H3;4-11,22-23H,12-17H2,1-3H3;3-10,21-22,28H,11-16H2,1-2H3;2-9H,1H3,(H,15,16);8-9,11,14H,2-7H2,1H3;4*1H2/t25-,26+;22-,23-;21-,22-;;8-,9-;;;;/m000.0..../s1. The molecule has 0 spiro atoms. The van der Waals surface area contributed by atoms with E-state index in [-0.39, 0.29) is 127 Å². The summed E-state index contributed by atoms with van der Waals surface area (Å²) in [4.78, 5) is 123. The average molecular weight is 1920 g/mol. The van der Waals surface area contributed by atoms with E-state index in [0.717, 1.165) is 116 Å². The third-order valence-electron chi connectivity index (χ3n) is 26.5. The van der Waals surface area contributed by atoms with Crippen LogP contribution in [-0.2, 0) is 14.3 Å². The molecule has 32 heteroatoms. The molecule has 0 unspecified atom stereocenters. The Hall–Kier alpha value is -10.1. The Balaban J connectivity index is 0.000000192. The number of hydrogen-bond acceptors (Lipinski definition) is 15. The third kappa shape index (κ3) is 28.5. The predicted molar refractivity (Wildman–Crippen MR) is 543 cm³/mol. The van der Waals surface area contributed by atoms with Crippen LogP contribution in [0.25, 0.3) is 44.5 Å². The summed E-state index contributed by atoms with van der Waals surface area (Å²) in [5, 5.41) is 31.0. The molecule has 0 radical (unpaired) electrons. The lowest BCUT2D eigenvalue weighted by molar-refractivity contribution is 0.0692. The van der Waals surface area contributed by atoms with E-state index in [0.29, 0.717) is 119 Å². The van der Waals surface area contributed by atoms with Gasteiger partial charge in [0.1, 0.15) is 0 Å². The Morgan fingerprint density at radius 2 is 0.586 bits per heavy atom. The summed E-state index contributed by atoms with van der Waals surface area (Å²) in [6.07, 6.45) is 8.62. The van der Waals surface area contributed by atoms with E-state index in [9.17, 15) is 57.0 Å². The molecule has 0 aromatic heterocycles. The first-order valence-corrected chi connectivity index (χ1v) is 47.3. The van der Waals surface area contributed by atoms with Gasteiger partial charge in [0.05, 0.1) is 54.8 Å². The highest BCUT2D eigenvalue weighted by molar-refractivity contribution is 7.86. The van der Waals surface area contributed by atoms with E-state index in [4.69, 9.17) is 9.29 Å². The summed E-state index contributed by atoms with van der Waals surface area (Å²) < 4.78 is 27.7. The van der Waals surface area contributed by atoms with Gasteiger partial charge in [0, 0.05) is 148 Å². The van der Waals surface area contributed by atoms with Crippen LogP contribution >= 0.6 is 54.0 Å². The highest BCUT2D eigenvalue weighted by Crippen LogP contribution is 2.31. The molecule has 9 fully saturated rings. The van der Waals surface area contributed by atoms with Crippen molar-refractivity contribution < 1.29 is 66.3 Å². The van der Waals surface area contributed by atoms with Crippen molar-refractivity contribution in [2.24, 2.45) is 0 Å². The predicted octanol–water partition coefficient (Wildman–Crippen LogP) is 13.4. The van der Waals surface area contributed by atoms with Crippen LogP contribution in [0.4, 0.5) is 19.2 Å². The second-order valence-electron chi connectivity index (χ2n) is 35.9. The Labute approximate surface area is 812 Å². The number of aromatic carboxylic acids is 1. The zero-order chi connectivity index (χ0) is 91.7. The lowest BCUT2D eigenvalue weighted by Crippen LogP contribution is -2.45. The minimum Gasteiger partial charge on any atom is -0.478 e. The van der Waals surface area contributed by atoms with Crippen LogP contribution in [0.2, 0.25) is 0 Å². The molecule has 4 N–H and O–H groups in total. The summed E-state index contributed by atoms with van der Waals surface area (Å²) in [6, 6.07) is 64.3. The van der Waals surface area contributed by atoms with Gasteiger partial charge in [-0.15, -0.1) is 0 Å². The first kappa shape index (κ1) is 107. The van der Waals surface area contributed by atoms with Crippen LogP contribution in [-0.4, -0.2) is 331 Å². The number of nitrogens with zero attached hydrogens (tertiary/aromatic N) is 12. The van der Waals surface area contributed by atoms with Gasteiger partial charge in [-0.25, -0.2) is 24.0 Å². The molecule has 133 heavy (non-hydrogen) atoms. The minimum absolute atomic E-state index is 0. The van der Waals surface area contributed by atoms with Crippen LogP contribution in [0.1, 0.15) is 128 Å². The number of aryl methyl sites for hydroxylation is 4. The largest absolute Gasteiger partial charge is 0.478 e. The molecule has 9 heterocycles. The summed E-state index contributed by atoms with van der Waals surface area (Å²) in [7, 11) is 3.84. The Morgan fingerprint density at radius 3 is 0.872 bits per heavy atom. The smallest absolute Gasteiger partial charge is 0.335 e. The number of rotatable bonds is 15. The second kappa shape index (κ2) is 49.4. The third-order valence-corrected chi connectivity index (χ3v) is 27.1. The first-order valence-electron chi connectivity index (χ1n) is 45.4. The van der Waals surface area contributed by atoms with Crippen LogP contribution in [0.3, 0.4) is 0 Å².